The fourth-order valence-electron chi connectivity index (χ4n) is 2.63. The Kier molecular flexibility index (Phi) is 4.27. The molecule has 1 aromatic rings. The van der Waals surface area contributed by atoms with Crippen LogP contribution in [0.25, 0.3) is 0 Å². The number of phenolic OH excluding ortho intramolecular Hbond substituents is 1. The molecule has 5 nitrogen and oxygen atoms in total. The predicted molar refractivity (Wildman–Crippen MR) is 73.2 cm³/mol. The first-order chi connectivity index (χ1) is 9.15. The number of hydrogen-bond donors (Lipinski definition) is 3. The van der Waals surface area contributed by atoms with Crippen LogP contribution in [-0.4, -0.2) is 24.7 Å². The fourth-order valence-corrected chi connectivity index (χ4v) is 2.63. The normalized spacial score (nSPS) is 22.2. The first-order valence-corrected chi connectivity index (χ1v) is 6.53. The molecule has 104 valence electrons. The van der Waals surface area contributed by atoms with Crippen LogP contribution < -0.4 is 15.8 Å². The molecule has 0 bridgehead atoms. The molecule has 4 N–H and O–H groups in total. The molecule has 0 aliphatic heterocycles. The van der Waals surface area contributed by atoms with Crippen LogP contribution in [0.5, 0.6) is 11.5 Å². The average molecular weight is 264 g/mol. The van der Waals surface area contributed by atoms with Gasteiger partial charge in [-0.3, -0.25) is 4.79 Å². The van der Waals surface area contributed by atoms with E-state index in [0.29, 0.717) is 18.0 Å². The molecule has 19 heavy (non-hydrogen) atoms. The quantitative estimate of drug-likeness (QED) is 0.723. The lowest BCUT2D eigenvalue weighted by molar-refractivity contribution is -0.120. The zero-order valence-corrected chi connectivity index (χ0v) is 11.1. The van der Waals surface area contributed by atoms with Crippen molar-refractivity contribution in [3.63, 3.8) is 0 Å². The van der Waals surface area contributed by atoms with Gasteiger partial charge in [0.05, 0.1) is 12.8 Å². The highest BCUT2D eigenvalue weighted by atomic mass is 16.5. The number of aromatic hydroxyl groups is 1. The van der Waals surface area contributed by atoms with E-state index in [9.17, 15) is 9.90 Å². The molecule has 1 amide bonds. The highest BCUT2D eigenvalue weighted by Gasteiger charge is 2.32. The molecule has 5 heteroatoms. The van der Waals surface area contributed by atoms with Crippen LogP contribution in [0.1, 0.15) is 19.3 Å². The molecule has 1 aromatic carbocycles. The Morgan fingerprint density at radius 2 is 2.32 bits per heavy atom. The van der Waals surface area contributed by atoms with Gasteiger partial charge in [0, 0.05) is 12.0 Å². The topological polar surface area (TPSA) is 84.6 Å². The van der Waals surface area contributed by atoms with Crippen molar-refractivity contribution in [1.82, 2.24) is 0 Å². The number of ether oxygens (including phenoxy) is 1. The maximum atomic E-state index is 12.2. The minimum Gasteiger partial charge on any atom is -0.506 e. The SMILES string of the molecule is COc1ccc(O)c(NC(=O)C2CCCC2CN)c1. The Hall–Kier alpha value is -1.75. The van der Waals surface area contributed by atoms with Gasteiger partial charge in [-0.2, -0.15) is 0 Å². The minimum absolute atomic E-state index is 0.0384. The number of methoxy groups -OCH3 is 1. The van der Waals surface area contributed by atoms with E-state index in [1.54, 1.807) is 19.2 Å². The monoisotopic (exact) mass is 264 g/mol. The van der Waals surface area contributed by atoms with Gasteiger partial charge >= 0.3 is 0 Å². The summed E-state index contributed by atoms with van der Waals surface area (Å²) in [7, 11) is 1.54. The lowest BCUT2D eigenvalue weighted by Crippen LogP contribution is -2.29. The van der Waals surface area contributed by atoms with Crippen LogP contribution in [0, 0.1) is 11.8 Å². The van der Waals surface area contributed by atoms with Gasteiger partial charge in [0.1, 0.15) is 11.5 Å². The summed E-state index contributed by atoms with van der Waals surface area (Å²) in [4.78, 5) is 12.2. The third kappa shape index (κ3) is 2.98. The summed E-state index contributed by atoms with van der Waals surface area (Å²) in [6.07, 6.45) is 2.89. The summed E-state index contributed by atoms with van der Waals surface area (Å²) in [5.41, 5.74) is 6.06. The van der Waals surface area contributed by atoms with Gasteiger partial charge in [-0.25, -0.2) is 0 Å². The Bertz CT molecular complexity index is 462. The highest BCUT2D eigenvalue weighted by Crippen LogP contribution is 2.34. The summed E-state index contributed by atoms with van der Waals surface area (Å²) < 4.78 is 5.08. The number of phenols is 1. The Morgan fingerprint density at radius 1 is 1.53 bits per heavy atom. The zero-order valence-electron chi connectivity index (χ0n) is 11.1. The Labute approximate surface area is 112 Å². The molecule has 0 radical (unpaired) electrons. The number of anilines is 1. The first-order valence-electron chi connectivity index (χ1n) is 6.53. The van der Waals surface area contributed by atoms with Crippen molar-refractivity contribution < 1.29 is 14.6 Å². The second-order valence-electron chi connectivity index (χ2n) is 4.91. The number of rotatable bonds is 4. The number of carbonyl (C=O) groups is 1. The maximum Gasteiger partial charge on any atom is 0.227 e. The second kappa shape index (κ2) is 5.93. The molecule has 2 atom stereocenters. The summed E-state index contributed by atoms with van der Waals surface area (Å²) in [6.45, 7) is 0.530. The lowest BCUT2D eigenvalue weighted by atomic mass is 9.95. The molecule has 0 saturated heterocycles. The van der Waals surface area contributed by atoms with Crippen molar-refractivity contribution >= 4 is 11.6 Å². The Morgan fingerprint density at radius 3 is 3.00 bits per heavy atom. The van der Waals surface area contributed by atoms with Crippen molar-refractivity contribution in [1.29, 1.82) is 0 Å². The Balaban J connectivity index is 2.10. The summed E-state index contributed by atoms with van der Waals surface area (Å²) in [5, 5.41) is 12.5. The van der Waals surface area contributed by atoms with Gasteiger partial charge < -0.3 is 20.9 Å². The van der Waals surface area contributed by atoms with Gasteiger partial charge in [-0.05, 0) is 37.4 Å². The van der Waals surface area contributed by atoms with Crippen molar-refractivity contribution in [2.24, 2.45) is 17.6 Å². The van der Waals surface area contributed by atoms with Crippen molar-refractivity contribution in [3.05, 3.63) is 18.2 Å². The summed E-state index contributed by atoms with van der Waals surface area (Å²) >= 11 is 0. The minimum atomic E-state index is -0.0727. The van der Waals surface area contributed by atoms with E-state index in [1.165, 1.54) is 6.07 Å². The van der Waals surface area contributed by atoms with E-state index in [2.05, 4.69) is 5.32 Å². The van der Waals surface area contributed by atoms with E-state index < -0.39 is 0 Å². The molecule has 0 heterocycles. The molecule has 2 unspecified atom stereocenters. The summed E-state index contributed by atoms with van der Waals surface area (Å²) in [5.74, 6) is 0.742. The molecule has 2 rings (SSSR count). The van der Waals surface area contributed by atoms with E-state index in [-0.39, 0.29) is 23.5 Å². The standard InChI is InChI=1S/C14H20N2O3/c1-19-10-5-6-13(17)12(7-10)16-14(18)11-4-2-3-9(11)8-15/h5-7,9,11,17H,2-4,8,15H2,1H3,(H,16,18). The van der Waals surface area contributed by atoms with Crippen LogP contribution in [0.2, 0.25) is 0 Å². The van der Waals surface area contributed by atoms with E-state index in [0.717, 1.165) is 19.3 Å². The number of carbonyl (C=O) groups excluding carboxylic acids is 1. The maximum absolute atomic E-state index is 12.2. The van der Waals surface area contributed by atoms with Crippen LogP contribution in [0.15, 0.2) is 18.2 Å². The molecule has 0 aromatic heterocycles. The fraction of sp³-hybridized carbons (Fsp3) is 0.500. The van der Waals surface area contributed by atoms with Gasteiger partial charge in [-0.15, -0.1) is 0 Å². The largest absolute Gasteiger partial charge is 0.506 e. The predicted octanol–water partition coefficient (Wildman–Crippen LogP) is 1.71. The van der Waals surface area contributed by atoms with Crippen LogP contribution in [-0.2, 0) is 4.79 Å². The molecule has 1 fully saturated rings. The number of benzene rings is 1. The molecular weight excluding hydrogens is 244 g/mol. The average Bonchev–Trinajstić information content (AvgIpc) is 2.89. The first kappa shape index (κ1) is 13.7. The third-order valence-corrected chi connectivity index (χ3v) is 3.76. The molecule has 0 spiro atoms. The number of nitrogens with two attached hydrogens (primary N) is 1. The highest BCUT2D eigenvalue weighted by molar-refractivity contribution is 5.94. The molecule has 1 aliphatic carbocycles. The smallest absolute Gasteiger partial charge is 0.227 e. The molecule has 1 aliphatic rings. The number of hydrogen-bond acceptors (Lipinski definition) is 4. The van der Waals surface area contributed by atoms with Crippen LogP contribution in [0.4, 0.5) is 5.69 Å². The van der Waals surface area contributed by atoms with E-state index >= 15 is 0 Å². The van der Waals surface area contributed by atoms with Crippen molar-refractivity contribution in [2.45, 2.75) is 19.3 Å². The molecule has 1 saturated carbocycles. The van der Waals surface area contributed by atoms with E-state index in [4.69, 9.17) is 10.5 Å². The zero-order chi connectivity index (χ0) is 13.8. The van der Waals surface area contributed by atoms with Crippen LogP contribution >= 0.6 is 0 Å². The second-order valence-corrected chi connectivity index (χ2v) is 4.91. The van der Waals surface area contributed by atoms with Gasteiger partial charge in [0.15, 0.2) is 0 Å². The van der Waals surface area contributed by atoms with Gasteiger partial charge in [0.25, 0.3) is 0 Å². The number of amides is 1. The van der Waals surface area contributed by atoms with Crippen LogP contribution in [0.3, 0.4) is 0 Å². The van der Waals surface area contributed by atoms with Crippen molar-refractivity contribution in [3.8, 4) is 11.5 Å². The summed E-state index contributed by atoms with van der Waals surface area (Å²) in [6, 6.07) is 4.76. The van der Waals surface area contributed by atoms with Gasteiger partial charge in [-0.1, -0.05) is 6.42 Å². The molecular formula is C14H20N2O3. The van der Waals surface area contributed by atoms with Gasteiger partial charge in [0.2, 0.25) is 5.91 Å². The van der Waals surface area contributed by atoms with E-state index in [1.807, 2.05) is 0 Å². The number of nitrogens with one attached hydrogen (secondary N) is 1. The van der Waals surface area contributed by atoms with Crippen molar-refractivity contribution in [2.75, 3.05) is 19.0 Å². The third-order valence-electron chi connectivity index (χ3n) is 3.76. The lowest BCUT2D eigenvalue weighted by Gasteiger charge is -2.18.